The van der Waals surface area contributed by atoms with Crippen LogP contribution in [0.1, 0.15) is 38.4 Å². The number of benzene rings is 1. The number of carboxylic acid groups (broad SMARTS) is 1. The average Bonchev–Trinajstić information content (AvgIpc) is 3.00. The van der Waals surface area contributed by atoms with E-state index in [0.29, 0.717) is 4.88 Å². The molecule has 0 aliphatic carbocycles. The van der Waals surface area contributed by atoms with E-state index in [2.05, 4.69) is 5.32 Å². The lowest BCUT2D eigenvalue weighted by Crippen LogP contribution is -2.15. The quantitative estimate of drug-likeness (QED) is 0.800. The van der Waals surface area contributed by atoms with Crippen molar-refractivity contribution < 1.29 is 19.5 Å². The number of aryl methyl sites for hydroxylation is 1. The number of amides is 1. The molecule has 0 spiro atoms. The second-order valence-corrected chi connectivity index (χ2v) is 5.75. The van der Waals surface area contributed by atoms with Crippen LogP contribution in [0.5, 0.6) is 0 Å². The third-order valence-electron chi connectivity index (χ3n) is 3.05. The second kappa shape index (κ2) is 7.00. The van der Waals surface area contributed by atoms with Crippen molar-refractivity contribution in [1.29, 1.82) is 0 Å². The molecule has 1 heterocycles. The number of hydrogen-bond donors (Lipinski definition) is 2. The van der Waals surface area contributed by atoms with E-state index in [1.54, 1.807) is 36.6 Å². The van der Waals surface area contributed by atoms with Crippen molar-refractivity contribution in [3.05, 3.63) is 51.7 Å². The fraction of sp³-hybridized carbons (Fsp3) is 0.188. The van der Waals surface area contributed by atoms with Crippen molar-refractivity contribution in [2.24, 2.45) is 0 Å². The van der Waals surface area contributed by atoms with Crippen LogP contribution < -0.4 is 5.32 Å². The topological polar surface area (TPSA) is 83.5 Å². The number of ketones is 1. The van der Waals surface area contributed by atoms with Gasteiger partial charge in [-0.1, -0.05) is 17.7 Å². The zero-order valence-corrected chi connectivity index (χ0v) is 12.8. The largest absolute Gasteiger partial charge is 0.478 e. The van der Waals surface area contributed by atoms with Crippen molar-refractivity contribution in [3.63, 3.8) is 0 Å². The van der Waals surface area contributed by atoms with Crippen molar-refractivity contribution in [2.75, 3.05) is 5.32 Å². The summed E-state index contributed by atoms with van der Waals surface area (Å²) in [6.45, 7) is 1.78. The summed E-state index contributed by atoms with van der Waals surface area (Å²) in [6.07, 6.45) is 0.115. The third kappa shape index (κ3) is 4.02. The van der Waals surface area contributed by atoms with Gasteiger partial charge in [-0.05, 0) is 30.5 Å². The fourth-order valence-corrected chi connectivity index (χ4v) is 2.64. The predicted molar refractivity (Wildman–Crippen MR) is 84.7 cm³/mol. The molecule has 1 amide bonds. The Hall–Kier alpha value is -2.47. The molecular weight excluding hydrogens is 302 g/mol. The maximum absolute atomic E-state index is 11.9. The van der Waals surface area contributed by atoms with Gasteiger partial charge in [0, 0.05) is 12.8 Å². The molecule has 0 saturated carbocycles. The molecule has 0 fully saturated rings. The summed E-state index contributed by atoms with van der Waals surface area (Å²) < 4.78 is 0. The van der Waals surface area contributed by atoms with Crippen LogP contribution in [-0.2, 0) is 4.79 Å². The van der Waals surface area contributed by atoms with E-state index in [-0.39, 0.29) is 35.8 Å². The second-order valence-electron chi connectivity index (χ2n) is 4.80. The molecule has 0 bridgehead atoms. The number of carboxylic acids is 1. The van der Waals surface area contributed by atoms with Gasteiger partial charge < -0.3 is 10.4 Å². The molecule has 1 aromatic heterocycles. The van der Waals surface area contributed by atoms with Gasteiger partial charge in [0.2, 0.25) is 5.91 Å². The van der Waals surface area contributed by atoms with E-state index >= 15 is 0 Å². The highest BCUT2D eigenvalue weighted by Crippen LogP contribution is 2.18. The maximum Gasteiger partial charge on any atom is 0.337 e. The van der Waals surface area contributed by atoms with E-state index in [1.165, 1.54) is 17.4 Å². The van der Waals surface area contributed by atoms with Crippen LogP contribution in [-0.4, -0.2) is 22.8 Å². The molecular formula is C16H15NO4S. The number of aromatic carboxylic acids is 1. The highest BCUT2D eigenvalue weighted by Gasteiger charge is 2.14. The van der Waals surface area contributed by atoms with Crippen molar-refractivity contribution in [3.8, 4) is 0 Å². The van der Waals surface area contributed by atoms with Crippen molar-refractivity contribution >= 4 is 34.7 Å². The molecule has 2 N–H and O–H groups in total. The smallest absolute Gasteiger partial charge is 0.337 e. The van der Waals surface area contributed by atoms with Crippen molar-refractivity contribution in [1.82, 2.24) is 0 Å². The molecule has 0 aliphatic heterocycles. The Morgan fingerprint density at radius 1 is 1.18 bits per heavy atom. The summed E-state index contributed by atoms with van der Waals surface area (Å²) in [4.78, 5) is 35.5. The highest BCUT2D eigenvalue weighted by atomic mass is 32.1. The molecule has 0 saturated heterocycles. The minimum atomic E-state index is -1.10. The molecule has 5 nitrogen and oxygen atoms in total. The van der Waals surface area contributed by atoms with Gasteiger partial charge in [0.25, 0.3) is 0 Å². The summed E-state index contributed by atoms with van der Waals surface area (Å²) in [5.74, 6) is -1.57. The number of carbonyl (C=O) groups excluding carboxylic acids is 2. The van der Waals surface area contributed by atoms with Gasteiger partial charge in [-0.15, -0.1) is 11.3 Å². The van der Waals surface area contributed by atoms with E-state index in [1.807, 2.05) is 0 Å². The van der Waals surface area contributed by atoms with E-state index in [0.717, 1.165) is 5.56 Å². The first-order valence-electron chi connectivity index (χ1n) is 6.68. The first-order valence-corrected chi connectivity index (χ1v) is 7.56. The third-order valence-corrected chi connectivity index (χ3v) is 3.97. The molecule has 2 aromatic rings. The van der Waals surface area contributed by atoms with Crippen LogP contribution in [0.2, 0.25) is 0 Å². The Morgan fingerprint density at radius 2 is 1.95 bits per heavy atom. The zero-order chi connectivity index (χ0) is 16.1. The summed E-state index contributed by atoms with van der Waals surface area (Å²) in [7, 11) is 0. The summed E-state index contributed by atoms with van der Waals surface area (Å²) in [5.41, 5.74) is 1.08. The lowest BCUT2D eigenvalue weighted by atomic mass is 10.1. The first kappa shape index (κ1) is 15.9. The van der Waals surface area contributed by atoms with Gasteiger partial charge in [0.15, 0.2) is 5.78 Å². The zero-order valence-electron chi connectivity index (χ0n) is 12.0. The molecule has 0 atom stereocenters. The van der Waals surface area contributed by atoms with Gasteiger partial charge in [-0.2, -0.15) is 0 Å². The van der Waals surface area contributed by atoms with Crippen LogP contribution >= 0.6 is 11.3 Å². The number of rotatable bonds is 6. The molecule has 0 unspecified atom stereocenters. The van der Waals surface area contributed by atoms with E-state index in [4.69, 9.17) is 5.11 Å². The van der Waals surface area contributed by atoms with Crippen LogP contribution in [0.15, 0.2) is 35.7 Å². The van der Waals surface area contributed by atoms with Gasteiger partial charge in [0.1, 0.15) is 0 Å². The minimum Gasteiger partial charge on any atom is -0.478 e. The molecule has 6 heteroatoms. The molecule has 2 rings (SSSR count). The van der Waals surface area contributed by atoms with E-state index in [9.17, 15) is 14.4 Å². The number of thiophene rings is 1. The van der Waals surface area contributed by atoms with Crippen LogP contribution in [0.25, 0.3) is 0 Å². The highest BCUT2D eigenvalue weighted by molar-refractivity contribution is 7.12. The minimum absolute atomic E-state index is 0.0175. The maximum atomic E-state index is 11.9. The molecule has 22 heavy (non-hydrogen) atoms. The number of carbonyl (C=O) groups is 3. The van der Waals surface area contributed by atoms with E-state index < -0.39 is 5.97 Å². The monoisotopic (exact) mass is 317 g/mol. The summed E-state index contributed by atoms with van der Waals surface area (Å²) in [5, 5.41) is 13.5. The lowest BCUT2D eigenvalue weighted by Gasteiger charge is -2.09. The molecule has 1 aromatic carbocycles. The lowest BCUT2D eigenvalue weighted by molar-refractivity contribution is -0.116. The van der Waals surface area contributed by atoms with Crippen LogP contribution in [0.3, 0.4) is 0 Å². The van der Waals surface area contributed by atoms with Gasteiger partial charge in [-0.25, -0.2) is 4.79 Å². The predicted octanol–water partition coefficient (Wildman–Crippen LogP) is 3.36. The number of hydrogen-bond acceptors (Lipinski definition) is 4. The fourth-order valence-electron chi connectivity index (χ4n) is 1.94. The Kier molecular flexibility index (Phi) is 5.06. The molecule has 114 valence electrons. The standard InChI is InChI=1S/C16H15NO4S/c1-10-4-5-12(11(9-10)16(20)21)17-15(19)7-6-13(18)14-3-2-8-22-14/h2-5,8-9H,6-7H2,1H3,(H,17,19)(H,20,21). The van der Waals surface area contributed by atoms with Gasteiger partial charge >= 0.3 is 5.97 Å². The molecule has 0 radical (unpaired) electrons. The Balaban J connectivity index is 1.98. The summed E-state index contributed by atoms with van der Waals surface area (Å²) in [6, 6.07) is 8.27. The summed E-state index contributed by atoms with van der Waals surface area (Å²) >= 11 is 1.34. The average molecular weight is 317 g/mol. The number of Topliss-reactive ketones (excluding diaryl/α,β-unsaturated/α-hetero) is 1. The Labute approximate surface area is 131 Å². The SMILES string of the molecule is Cc1ccc(NC(=O)CCC(=O)c2cccs2)c(C(=O)O)c1. The van der Waals surface area contributed by atoms with Gasteiger partial charge in [0.05, 0.1) is 16.1 Å². The van der Waals surface area contributed by atoms with Gasteiger partial charge in [-0.3, -0.25) is 9.59 Å². The first-order chi connectivity index (χ1) is 10.5. The Morgan fingerprint density at radius 3 is 2.59 bits per heavy atom. The van der Waals surface area contributed by atoms with Crippen LogP contribution in [0.4, 0.5) is 5.69 Å². The number of nitrogens with one attached hydrogen (secondary N) is 1. The van der Waals surface area contributed by atoms with Crippen LogP contribution in [0, 0.1) is 6.92 Å². The Bertz CT molecular complexity index is 707. The number of anilines is 1. The normalized spacial score (nSPS) is 10.2. The van der Waals surface area contributed by atoms with Crippen molar-refractivity contribution in [2.45, 2.75) is 19.8 Å². The molecule has 0 aliphatic rings.